The van der Waals surface area contributed by atoms with Crippen molar-refractivity contribution in [2.24, 2.45) is 0 Å². The summed E-state index contributed by atoms with van der Waals surface area (Å²) in [5.41, 5.74) is 6.93. The van der Waals surface area contributed by atoms with Gasteiger partial charge in [0.15, 0.2) is 0 Å². The van der Waals surface area contributed by atoms with E-state index in [9.17, 15) is 0 Å². The molecule has 0 bridgehead atoms. The first-order valence-corrected chi connectivity index (χ1v) is 5.77. The van der Waals surface area contributed by atoms with Crippen LogP contribution in [0.2, 0.25) is 0 Å². The molecule has 0 spiro atoms. The molecule has 1 aromatic heterocycles. The molecule has 17 heavy (non-hydrogen) atoms. The van der Waals surface area contributed by atoms with Crippen LogP contribution in [-0.2, 0) is 6.61 Å². The van der Waals surface area contributed by atoms with Crippen LogP contribution in [0, 0.1) is 0 Å². The Bertz CT molecular complexity index is 532. The summed E-state index contributed by atoms with van der Waals surface area (Å²) < 4.78 is 6.27. The summed E-state index contributed by atoms with van der Waals surface area (Å²) in [5, 5.41) is 9.02. The lowest BCUT2D eigenvalue weighted by Gasteiger charge is -2.07. The standard InChI is InChI=1S/C12H11BrN2O2/c13-11-5-9(14)6-15-12(11)17-10-3-1-2-8(4-10)7-16/h1-6,16H,7,14H2. The van der Waals surface area contributed by atoms with Crippen molar-refractivity contribution >= 4 is 21.6 Å². The van der Waals surface area contributed by atoms with Crippen molar-refractivity contribution in [3.63, 3.8) is 0 Å². The summed E-state index contributed by atoms with van der Waals surface area (Å²) in [6.45, 7) is -0.0203. The number of benzene rings is 1. The lowest BCUT2D eigenvalue weighted by molar-refractivity contribution is 0.281. The highest BCUT2D eigenvalue weighted by Crippen LogP contribution is 2.28. The number of halogens is 1. The second-order valence-corrected chi connectivity index (χ2v) is 4.32. The second kappa shape index (κ2) is 5.16. The smallest absolute Gasteiger partial charge is 0.233 e. The van der Waals surface area contributed by atoms with Crippen LogP contribution in [0.3, 0.4) is 0 Å². The summed E-state index contributed by atoms with van der Waals surface area (Å²) in [4.78, 5) is 4.07. The molecule has 2 aromatic rings. The SMILES string of the molecule is Nc1cnc(Oc2cccc(CO)c2)c(Br)c1. The summed E-state index contributed by atoms with van der Waals surface area (Å²) in [5.74, 6) is 1.06. The van der Waals surface area contributed by atoms with E-state index in [0.29, 0.717) is 21.8 Å². The van der Waals surface area contributed by atoms with Gasteiger partial charge in [0.1, 0.15) is 5.75 Å². The summed E-state index contributed by atoms with van der Waals surface area (Å²) >= 11 is 3.32. The van der Waals surface area contributed by atoms with Crippen molar-refractivity contribution in [2.75, 3.05) is 5.73 Å². The highest BCUT2D eigenvalue weighted by molar-refractivity contribution is 9.10. The van der Waals surface area contributed by atoms with Gasteiger partial charge in [-0.3, -0.25) is 0 Å². The normalized spacial score (nSPS) is 10.2. The van der Waals surface area contributed by atoms with E-state index in [4.69, 9.17) is 15.6 Å². The summed E-state index contributed by atoms with van der Waals surface area (Å²) in [6, 6.07) is 8.90. The molecule has 0 saturated heterocycles. The lowest BCUT2D eigenvalue weighted by Crippen LogP contribution is -1.93. The number of rotatable bonds is 3. The molecule has 0 aliphatic rings. The third-order valence-corrected chi connectivity index (χ3v) is 2.69. The Balaban J connectivity index is 2.25. The van der Waals surface area contributed by atoms with Gasteiger partial charge in [-0.15, -0.1) is 0 Å². The van der Waals surface area contributed by atoms with E-state index in [1.54, 1.807) is 18.2 Å². The van der Waals surface area contributed by atoms with Gasteiger partial charge in [-0.05, 0) is 39.7 Å². The van der Waals surface area contributed by atoms with Crippen LogP contribution < -0.4 is 10.5 Å². The molecule has 1 aromatic carbocycles. The number of aliphatic hydroxyl groups excluding tert-OH is 1. The Hall–Kier alpha value is -1.59. The molecule has 0 aliphatic heterocycles. The predicted octanol–water partition coefficient (Wildman–Crippen LogP) is 2.71. The zero-order valence-electron chi connectivity index (χ0n) is 8.93. The fourth-order valence-corrected chi connectivity index (χ4v) is 1.78. The summed E-state index contributed by atoms with van der Waals surface area (Å²) in [6.07, 6.45) is 1.52. The van der Waals surface area contributed by atoms with E-state index in [-0.39, 0.29) is 6.61 Å². The van der Waals surface area contributed by atoms with Crippen LogP contribution in [0.5, 0.6) is 11.6 Å². The third kappa shape index (κ3) is 2.95. The Morgan fingerprint density at radius 3 is 2.88 bits per heavy atom. The number of hydrogen-bond acceptors (Lipinski definition) is 4. The van der Waals surface area contributed by atoms with Gasteiger partial charge in [0.25, 0.3) is 0 Å². The lowest BCUT2D eigenvalue weighted by atomic mass is 10.2. The molecule has 0 fully saturated rings. The van der Waals surface area contributed by atoms with Crippen molar-refractivity contribution in [2.45, 2.75) is 6.61 Å². The largest absolute Gasteiger partial charge is 0.438 e. The van der Waals surface area contributed by atoms with E-state index in [2.05, 4.69) is 20.9 Å². The van der Waals surface area contributed by atoms with Gasteiger partial charge in [0.2, 0.25) is 5.88 Å². The average Bonchev–Trinajstić information content (AvgIpc) is 2.33. The second-order valence-electron chi connectivity index (χ2n) is 3.46. The average molecular weight is 295 g/mol. The van der Waals surface area contributed by atoms with Crippen LogP contribution in [0.4, 0.5) is 5.69 Å². The quantitative estimate of drug-likeness (QED) is 0.913. The molecule has 5 heteroatoms. The van der Waals surface area contributed by atoms with E-state index in [0.717, 1.165) is 5.56 Å². The van der Waals surface area contributed by atoms with E-state index in [1.165, 1.54) is 6.20 Å². The predicted molar refractivity (Wildman–Crippen MR) is 68.8 cm³/mol. The molecule has 0 atom stereocenters. The Morgan fingerprint density at radius 2 is 2.18 bits per heavy atom. The van der Waals surface area contributed by atoms with Crippen LogP contribution >= 0.6 is 15.9 Å². The fraction of sp³-hybridized carbons (Fsp3) is 0.0833. The number of nitrogens with two attached hydrogens (primary N) is 1. The molecule has 0 aliphatic carbocycles. The number of nitrogens with zero attached hydrogens (tertiary/aromatic N) is 1. The molecule has 1 heterocycles. The van der Waals surface area contributed by atoms with Gasteiger partial charge in [-0.1, -0.05) is 12.1 Å². The van der Waals surface area contributed by atoms with Gasteiger partial charge in [0, 0.05) is 0 Å². The molecule has 3 N–H and O–H groups in total. The van der Waals surface area contributed by atoms with Crippen molar-refractivity contribution in [1.29, 1.82) is 0 Å². The minimum Gasteiger partial charge on any atom is -0.438 e. The Labute approximate surface area is 107 Å². The van der Waals surface area contributed by atoms with Crippen LogP contribution in [-0.4, -0.2) is 10.1 Å². The third-order valence-electron chi connectivity index (χ3n) is 2.12. The number of aromatic nitrogens is 1. The first-order chi connectivity index (χ1) is 8.19. The van der Waals surface area contributed by atoms with Gasteiger partial charge in [-0.2, -0.15) is 0 Å². The maximum absolute atomic E-state index is 9.02. The van der Waals surface area contributed by atoms with Gasteiger partial charge in [-0.25, -0.2) is 4.98 Å². The highest BCUT2D eigenvalue weighted by atomic mass is 79.9. The fourth-order valence-electron chi connectivity index (χ4n) is 1.33. The number of ether oxygens (including phenoxy) is 1. The van der Waals surface area contributed by atoms with E-state index in [1.807, 2.05) is 12.1 Å². The highest BCUT2D eigenvalue weighted by Gasteiger charge is 2.05. The molecule has 0 radical (unpaired) electrons. The number of aliphatic hydroxyl groups is 1. The molecule has 2 rings (SSSR count). The van der Waals surface area contributed by atoms with Crippen LogP contribution in [0.25, 0.3) is 0 Å². The maximum Gasteiger partial charge on any atom is 0.233 e. The molecule has 4 nitrogen and oxygen atoms in total. The van der Waals surface area contributed by atoms with Gasteiger partial charge >= 0.3 is 0 Å². The zero-order chi connectivity index (χ0) is 12.3. The minimum atomic E-state index is -0.0203. The molecular formula is C12H11BrN2O2. The Kier molecular flexibility index (Phi) is 3.61. The first kappa shape index (κ1) is 11.9. The number of nitrogen functional groups attached to an aromatic ring is 1. The number of pyridine rings is 1. The van der Waals surface area contributed by atoms with Gasteiger partial charge in [0.05, 0.1) is 23.0 Å². The first-order valence-electron chi connectivity index (χ1n) is 4.97. The van der Waals surface area contributed by atoms with Crippen molar-refractivity contribution < 1.29 is 9.84 Å². The zero-order valence-corrected chi connectivity index (χ0v) is 10.5. The molecule has 88 valence electrons. The summed E-state index contributed by atoms with van der Waals surface area (Å²) in [7, 11) is 0. The van der Waals surface area contributed by atoms with Gasteiger partial charge < -0.3 is 15.6 Å². The van der Waals surface area contributed by atoms with Crippen molar-refractivity contribution in [3.8, 4) is 11.6 Å². The number of anilines is 1. The molecule has 0 amide bonds. The molecule has 0 unspecified atom stereocenters. The topological polar surface area (TPSA) is 68.4 Å². The van der Waals surface area contributed by atoms with Crippen molar-refractivity contribution in [3.05, 3.63) is 46.6 Å². The monoisotopic (exact) mass is 294 g/mol. The van der Waals surface area contributed by atoms with Crippen LogP contribution in [0.1, 0.15) is 5.56 Å². The minimum absolute atomic E-state index is 0.0203. The molecular weight excluding hydrogens is 284 g/mol. The molecule has 0 saturated carbocycles. The van der Waals surface area contributed by atoms with Crippen LogP contribution in [0.15, 0.2) is 41.0 Å². The van der Waals surface area contributed by atoms with Crippen molar-refractivity contribution in [1.82, 2.24) is 4.98 Å². The maximum atomic E-state index is 9.02. The van der Waals surface area contributed by atoms with E-state index >= 15 is 0 Å². The van der Waals surface area contributed by atoms with E-state index < -0.39 is 0 Å². The number of hydrogen-bond donors (Lipinski definition) is 2. The Morgan fingerprint density at radius 1 is 1.35 bits per heavy atom.